The highest BCUT2D eigenvalue weighted by molar-refractivity contribution is 6.07. The van der Waals surface area contributed by atoms with Crippen LogP contribution in [0, 0.1) is 28.6 Å². The number of fused-ring (bicyclic) bond motifs is 1. The van der Waals surface area contributed by atoms with Crippen LogP contribution in [-0.4, -0.2) is 44.7 Å². The second kappa shape index (κ2) is 4.71. The topological polar surface area (TPSA) is 150 Å². The summed E-state index contributed by atoms with van der Waals surface area (Å²) in [5, 5.41) is 25.5. The number of aliphatic carboxylic acids is 1. The summed E-state index contributed by atoms with van der Waals surface area (Å²) in [5.74, 6) is -4.00. The third kappa shape index (κ3) is 1.55. The zero-order valence-corrected chi connectivity index (χ0v) is 15.8. The number of rotatable bonds is 2. The number of carbonyl (C=O) groups is 3. The van der Waals surface area contributed by atoms with Gasteiger partial charge in [0, 0.05) is 23.2 Å². The van der Waals surface area contributed by atoms with Gasteiger partial charge < -0.3 is 14.9 Å². The molecule has 150 valence electrons. The summed E-state index contributed by atoms with van der Waals surface area (Å²) in [6.45, 7) is 3.21. The molecule has 5 fully saturated rings. The summed E-state index contributed by atoms with van der Waals surface area (Å²) in [6.07, 6.45) is 1.72. The number of hydrogen-bond donors (Lipinski definition) is 2. The lowest BCUT2D eigenvalue weighted by Gasteiger charge is -2.46. The standard InChI is InChI=1S/C19H23N3O6/c1-15(21-22-20)7-17-8-18(15,27)5-3-9(17)19-6-4-10(23)16(2,14(26)28-19)12(19)11(17)13(24)25/h9,11-12,27H,3-8H2,1-2H3,(H,24,25)/t9-,11-,12?,15-,16-,17+,18+,19-/m1/s1. The normalized spacial score (nSPS) is 55.9. The Bertz CT molecular complexity index is 900. The molecule has 1 unspecified atom stereocenters. The highest BCUT2D eigenvalue weighted by atomic mass is 16.6. The molecule has 8 atom stereocenters. The van der Waals surface area contributed by atoms with Gasteiger partial charge in [0.2, 0.25) is 0 Å². The molecule has 4 aliphatic carbocycles. The number of aliphatic hydroxyl groups is 1. The number of esters is 1. The van der Waals surface area contributed by atoms with E-state index in [-0.39, 0.29) is 31.0 Å². The Labute approximate surface area is 161 Å². The average Bonchev–Trinajstić information content (AvgIpc) is 3.00. The van der Waals surface area contributed by atoms with Crippen LogP contribution in [0.1, 0.15) is 52.4 Å². The maximum absolute atomic E-state index is 12.8. The predicted octanol–water partition coefficient (Wildman–Crippen LogP) is 1.97. The largest absolute Gasteiger partial charge is 0.481 e. The third-order valence-electron chi connectivity index (χ3n) is 9.09. The van der Waals surface area contributed by atoms with Gasteiger partial charge in [0.15, 0.2) is 5.78 Å². The maximum Gasteiger partial charge on any atom is 0.320 e. The van der Waals surface area contributed by atoms with Crippen molar-refractivity contribution in [3.8, 4) is 0 Å². The first-order valence-corrected chi connectivity index (χ1v) is 9.79. The van der Waals surface area contributed by atoms with Gasteiger partial charge in [-0.15, -0.1) is 0 Å². The van der Waals surface area contributed by atoms with Crippen LogP contribution in [-0.2, 0) is 19.1 Å². The molecule has 5 aliphatic rings. The molecule has 0 aromatic rings. The molecule has 4 bridgehead atoms. The van der Waals surface area contributed by atoms with Crippen LogP contribution in [0.5, 0.6) is 0 Å². The maximum atomic E-state index is 12.8. The quantitative estimate of drug-likeness (QED) is 0.242. The molecule has 5 rings (SSSR count). The van der Waals surface area contributed by atoms with E-state index in [2.05, 4.69) is 10.0 Å². The average molecular weight is 389 g/mol. The number of Topliss-reactive ketones (excluding diaryl/α,β-unsaturated/α-hetero) is 1. The summed E-state index contributed by atoms with van der Waals surface area (Å²) in [4.78, 5) is 41.1. The van der Waals surface area contributed by atoms with Crippen molar-refractivity contribution in [1.29, 1.82) is 0 Å². The van der Waals surface area contributed by atoms with Crippen LogP contribution >= 0.6 is 0 Å². The minimum Gasteiger partial charge on any atom is -0.481 e. The number of ether oxygens (including phenoxy) is 1. The van der Waals surface area contributed by atoms with Crippen molar-refractivity contribution in [2.45, 2.75) is 69.1 Å². The van der Waals surface area contributed by atoms with Crippen molar-refractivity contribution in [1.82, 2.24) is 0 Å². The highest BCUT2D eigenvalue weighted by Crippen LogP contribution is 2.78. The zero-order chi connectivity index (χ0) is 20.3. The lowest BCUT2D eigenvalue weighted by molar-refractivity contribution is -0.163. The number of carboxylic acids is 1. The van der Waals surface area contributed by atoms with E-state index in [0.717, 1.165) is 0 Å². The van der Waals surface area contributed by atoms with E-state index in [0.29, 0.717) is 19.3 Å². The first kappa shape index (κ1) is 17.9. The number of ketones is 1. The van der Waals surface area contributed by atoms with Gasteiger partial charge >= 0.3 is 11.9 Å². The Morgan fingerprint density at radius 1 is 1.29 bits per heavy atom. The summed E-state index contributed by atoms with van der Waals surface area (Å²) >= 11 is 0. The van der Waals surface area contributed by atoms with Gasteiger partial charge in [0.1, 0.15) is 11.0 Å². The minimum atomic E-state index is -1.47. The lowest BCUT2D eigenvalue weighted by Crippen LogP contribution is -2.52. The highest BCUT2D eigenvalue weighted by Gasteiger charge is 2.86. The van der Waals surface area contributed by atoms with Gasteiger partial charge in [0.25, 0.3) is 0 Å². The Morgan fingerprint density at radius 2 is 2.00 bits per heavy atom. The van der Waals surface area contributed by atoms with Crippen LogP contribution in [0.4, 0.5) is 0 Å². The Hall–Kier alpha value is -2.12. The van der Waals surface area contributed by atoms with Crippen LogP contribution in [0.25, 0.3) is 10.4 Å². The van der Waals surface area contributed by atoms with E-state index >= 15 is 0 Å². The predicted molar refractivity (Wildman–Crippen MR) is 92.7 cm³/mol. The van der Waals surface area contributed by atoms with Gasteiger partial charge in [-0.05, 0) is 50.0 Å². The van der Waals surface area contributed by atoms with Crippen LogP contribution in [0.15, 0.2) is 5.11 Å². The molecular weight excluding hydrogens is 366 g/mol. The van der Waals surface area contributed by atoms with E-state index in [9.17, 15) is 24.6 Å². The van der Waals surface area contributed by atoms with E-state index in [1.807, 2.05) is 0 Å². The van der Waals surface area contributed by atoms with Crippen molar-refractivity contribution < 1.29 is 29.3 Å². The Balaban J connectivity index is 1.76. The van der Waals surface area contributed by atoms with Crippen molar-refractivity contribution in [2.75, 3.05) is 0 Å². The van der Waals surface area contributed by atoms with Crippen LogP contribution in [0.2, 0.25) is 0 Å². The summed E-state index contributed by atoms with van der Waals surface area (Å²) in [5.41, 5.74) is 3.30. The Kier molecular flexibility index (Phi) is 3.02. The summed E-state index contributed by atoms with van der Waals surface area (Å²) in [7, 11) is 0. The van der Waals surface area contributed by atoms with E-state index < -0.39 is 51.3 Å². The molecule has 28 heavy (non-hydrogen) atoms. The Morgan fingerprint density at radius 3 is 2.64 bits per heavy atom. The second-order valence-corrected chi connectivity index (χ2v) is 9.94. The fourth-order valence-corrected chi connectivity index (χ4v) is 8.09. The lowest BCUT2D eigenvalue weighted by atomic mass is 9.59. The van der Waals surface area contributed by atoms with Crippen LogP contribution < -0.4 is 0 Å². The first-order valence-electron chi connectivity index (χ1n) is 9.79. The molecule has 0 amide bonds. The molecule has 2 N–H and O–H groups in total. The molecule has 4 saturated carbocycles. The van der Waals surface area contributed by atoms with Gasteiger partial charge in [-0.25, -0.2) is 0 Å². The molecule has 1 heterocycles. The SMILES string of the molecule is C[C@]12C(=O)CC[C@]3(OC1=O)C2[C@H](C(=O)O)[C@@]12C[C@@](O)(CC[C@H]13)[C@](C)(N=[N+]=[N-])C2. The molecular formula is C19H23N3O6. The molecule has 0 radical (unpaired) electrons. The number of carboxylic acid groups (broad SMARTS) is 1. The number of azide groups is 1. The van der Waals surface area contributed by atoms with Gasteiger partial charge in [-0.3, -0.25) is 14.4 Å². The zero-order valence-electron chi connectivity index (χ0n) is 15.8. The first-order chi connectivity index (χ1) is 13.0. The molecule has 9 nitrogen and oxygen atoms in total. The molecule has 1 aliphatic heterocycles. The summed E-state index contributed by atoms with van der Waals surface area (Å²) < 4.78 is 5.92. The van der Waals surface area contributed by atoms with Crippen molar-refractivity contribution in [2.24, 2.45) is 33.7 Å². The molecule has 1 spiro atoms. The second-order valence-electron chi connectivity index (χ2n) is 9.94. The van der Waals surface area contributed by atoms with Gasteiger partial charge in [-0.1, -0.05) is 12.0 Å². The van der Waals surface area contributed by atoms with E-state index in [1.165, 1.54) is 6.92 Å². The number of nitrogens with zero attached hydrogens (tertiary/aromatic N) is 3. The van der Waals surface area contributed by atoms with Crippen molar-refractivity contribution >= 4 is 17.7 Å². The minimum absolute atomic E-state index is 0.178. The molecule has 9 heteroatoms. The van der Waals surface area contributed by atoms with Crippen molar-refractivity contribution in [3.63, 3.8) is 0 Å². The van der Waals surface area contributed by atoms with E-state index in [1.54, 1.807) is 6.92 Å². The van der Waals surface area contributed by atoms with Crippen molar-refractivity contribution in [3.05, 3.63) is 10.4 Å². The van der Waals surface area contributed by atoms with Gasteiger partial charge in [0.05, 0.1) is 17.1 Å². The fourth-order valence-electron chi connectivity index (χ4n) is 8.09. The smallest absolute Gasteiger partial charge is 0.320 e. The monoisotopic (exact) mass is 389 g/mol. The summed E-state index contributed by atoms with van der Waals surface area (Å²) in [6, 6.07) is 0. The molecule has 0 aromatic carbocycles. The van der Waals surface area contributed by atoms with E-state index in [4.69, 9.17) is 10.3 Å². The number of hydrogen-bond acceptors (Lipinski definition) is 6. The van der Waals surface area contributed by atoms with Gasteiger partial charge in [-0.2, -0.15) is 0 Å². The molecule has 1 saturated heterocycles. The molecule has 0 aromatic heterocycles. The fraction of sp³-hybridized carbons (Fsp3) is 0.842. The van der Waals surface area contributed by atoms with Crippen LogP contribution in [0.3, 0.4) is 0 Å². The number of carbonyl (C=O) groups excluding carboxylic acids is 2. The third-order valence-corrected chi connectivity index (χ3v) is 9.09.